The van der Waals surface area contributed by atoms with Crippen LogP contribution in [0.4, 0.5) is 0 Å². The number of aromatic nitrogens is 1. The summed E-state index contributed by atoms with van der Waals surface area (Å²) in [7, 11) is 0. The van der Waals surface area contributed by atoms with Crippen molar-refractivity contribution in [3.05, 3.63) is 45.9 Å². The van der Waals surface area contributed by atoms with Gasteiger partial charge in [-0.15, -0.1) is 23.1 Å². The molecule has 1 saturated carbocycles. The van der Waals surface area contributed by atoms with Gasteiger partial charge in [0.05, 0.1) is 11.4 Å². The standard InChI is InChI=1S/C15H18N2S2/c1-10(16)15-14(11-7-8-11)17-13(19-15)9-18-12-5-3-2-4-6-12/h2-6,10-11H,7-9,16H2,1H3. The normalized spacial score (nSPS) is 16.5. The van der Waals surface area contributed by atoms with E-state index in [1.807, 2.05) is 17.8 Å². The zero-order valence-corrected chi connectivity index (χ0v) is 12.6. The van der Waals surface area contributed by atoms with Gasteiger partial charge in [-0.1, -0.05) is 18.2 Å². The van der Waals surface area contributed by atoms with Crippen LogP contribution in [-0.2, 0) is 5.75 Å². The van der Waals surface area contributed by atoms with Crippen molar-refractivity contribution in [2.24, 2.45) is 5.73 Å². The highest BCUT2D eigenvalue weighted by Gasteiger charge is 2.30. The van der Waals surface area contributed by atoms with Crippen molar-refractivity contribution < 1.29 is 0 Å². The smallest absolute Gasteiger partial charge is 0.103 e. The molecule has 0 bridgehead atoms. The number of hydrogen-bond acceptors (Lipinski definition) is 4. The highest BCUT2D eigenvalue weighted by molar-refractivity contribution is 7.98. The zero-order valence-electron chi connectivity index (χ0n) is 11.0. The minimum Gasteiger partial charge on any atom is -0.323 e. The first-order valence-corrected chi connectivity index (χ1v) is 8.47. The first-order valence-electron chi connectivity index (χ1n) is 6.67. The third kappa shape index (κ3) is 3.19. The molecule has 0 aliphatic heterocycles. The predicted molar refractivity (Wildman–Crippen MR) is 82.7 cm³/mol. The van der Waals surface area contributed by atoms with Crippen LogP contribution in [0.5, 0.6) is 0 Å². The Morgan fingerprint density at radius 1 is 1.37 bits per heavy atom. The van der Waals surface area contributed by atoms with E-state index < -0.39 is 0 Å². The Bertz CT molecular complexity index is 525. The van der Waals surface area contributed by atoms with E-state index in [0.29, 0.717) is 5.92 Å². The Balaban J connectivity index is 1.73. The number of nitrogens with two attached hydrogens (primary N) is 1. The maximum atomic E-state index is 6.06. The maximum Gasteiger partial charge on any atom is 0.103 e. The van der Waals surface area contributed by atoms with E-state index in [1.165, 1.54) is 33.3 Å². The fourth-order valence-corrected chi connectivity index (χ4v) is 4.11. The molecule has 0 spiro atoms. The Morgan fingerprint density at radius 2 is 2.11 bits per heavy atom. The molecule has 100 valence electrons. The van der Waals surface area contributed by atoms with Crippen molar-refractivity contribution in [1.29, 1.82) is 0 Å². The molecule has 1 aromatic heterocycles. The van der Waals surface area contributed by atoms with Gasteiger partial charge in [-0.2, -0.15) is 0 Å². The second kappa shape index (κ2) is 5.65. The summed E-state index contributed by atoms with van der Waals surface area (Å²) in [6.45, 7) is 2.06. The van der Waals surface area contributed by atoms with E-state index in [0.717, 1.165) is 5.75 Å². The maximum absolute atomic E-state index is 6.06. The second-order valence-corrected chi connectivity index (χ2v) is 7.19. The van der Waals surface area contributed by atoms with Crippen LogP contribution in [0.2, 0.25) is 0 Å². The van der Waals surface area contributed by atoms with E-state index in [1.54, 1.807) is 11.3 Å². The molecule has 19 heavy (non-hydrogen) atoms. The first-order chi connectivity index (χ1) is 9.24. The third-order valence-electron chi connectivity index (χ3n) is 3.21. The van der Waals surface area contributed by atoms with Crippen LogP contribution < -0.4 is 5.73 Å². The van der Waals surface area contributed by atoms with Crippen molar-refractivity contribution in [3.63, 3.8) is 0 Å². The lowest BCUT2D eigenvalue weighted by Crippen LogP contribution is -2.05. The molecule has 1 heterocycles. The van der Waals surface area contributed by atoms with Crippen molar-refractivity contribution >= 4 is 23.1 Å². The van der Waals surface area contributed by atoms with Gasteiger partial charge in [0.2, 0.25) is 0 Å². The average Bonchev–Trinajstić information content (AvgIpc) is 3.17. The first kappa shape index (κ1) is 13.2. The van der Waals surface area contributed by atoms with Gasteiger partial charge in [0, 0.05) is 21.7 Å². The Morgan fingerprint density at radius 3 is 2.74 bits per heavy atom. The van der Waals surface area contributed by atoms with Gasteiger partial charge in [-0.05, 0) is 31.9 Å². The number of rotatable bonds is 5. The molecule has 1 aliphatic carbocycles. The molecule has 2 N–H and O–H groups in total. The zero-order chi connectivity index (χ0) is 13.2. The van der Waals surface area contributed by atoms with Crippen LogP contribution in [0.15, 0.2) is 35.2 Å². The highest BCUT2D eigenvalue weighted by atomic mass is 32.2. The summed E-state index contributed by atoms with van der Waals surface area (Å²) < 4.78 is 0. The van der Waals surface area contributed by atoms with Crippen molar-refractivity contribution in [2.45, 2.75) is 42.4 Å². The number of hydrogen-bond donors (Lipinski definition) is 1. The molecule has 0 saturated heterocycles. The molecule has 1 unspecified atom stereocenters. The molecule has 3 rings (SSSR count). The minimum atomic E-state index is 0.114. The fourth-order valence-electron chi connectivity index (χ4n) is 2.09. The van der Waals surface area contributed by atoms with Crippen molar-refractivity contribution in [2.75, 3.05) is 0 Å². The molecule has 4 heteroatoms. The number of thioether (sulfide) groups is 1. The number of thiazole rings is 1. The van der Waals surface area contributed by atoms with Gasteiger partial charge in [-0.25, -0.2) is 4.98 Å². The molecule has 2 aromatic rings. The monoisotopic (exact) mass is 290 g/mol. The molecule has 1 aromatic carbocycles. The van der Waals surface area contributed by atoms with E-state index >= 15 is 0 Å². The Labute approximate surface area is 122 Å². The summed E-state index contributed by atoms with van der Waals surface area (Å²) in [6.07, 6.45) is 2.57. The van der Waals surface area contributed by atoms with E-state index in [-0.39, 0.29) is 6.04 Å². The summed E-state index contributed by atoms with van der Waals surface area (Å²) in [4.78, 5) is 7.42. The van der Waals surface area contributed by atoms with Crippen molar-refractivity contribution in [1.82, 2.24) is 4.98 Å². The predicted octanol–water partition coefficient (Wildman–Crippen LogP) is 4.33. The van der Waals surface area contributed by atoms with E-state index in [4.69, 9.17) is 10.7 Å². The molecule has 0 radical (unpaired) electrons. The molecule has 1 fully saturated rings. The minimum absolute atomic E-state index is 0.114. The van der Waals surface area contributed by atoms with E-state index in [2.05, 4.69) is 31.2 Å². The summed E-state index contributed by atoms with van der Waals surface area (Å²) in [5.74, 6) is 1.63. The largest absolute Gasteiger partial charge is 0.323 e. The number of benzene rings is 1. The SMILES string of the molecule is CC(N)c1sc(CSc2ccccc2)nc1C1CC1. The summed E-state index contributed by atoms with van der Waals surface area (Å²) in [6, 6.07) is 10.6. The van der Waals surface area contributed by atoms with E-state index in [9.17, 15) is 0 Å². The Hall–Kier alpha value is -0.840. The summed E-state index contributed by atoms with van der Waals surface area (Å²) in [5.41, 5.74) is 7.35. The van der Waals surface area contributed by atoms with Gasteiger partial charge < -0.3 is 5.73 Å². The van der Waals surface area contributed by atoms with Gasteiger partial charge >= 0.3 is 0 Å². The average molecular weight is 290 g/mol. The van der Waals surface area contributed by atoms with Gasteiger partial charge in [-0.3, -0.25) is 0 Å². The summed E-state index contributed by atoms with van der Waals surface area (Å²) >= 11 is 3.64. The van der Waals surface area contributed by atoms with Crippen molar-refractivity contribution in [3.8, 4) is 0 Å². The molecule has 1 aliphatic rings. The molecule has 2 nitrogen and oxygen atoms in total. The molecule has 1 atom stereocenters. The Kier molecular flexibility index (Phi) is 3.91. The van der Waals surface area contributed by atoms with Crippen LogP contribution in [0.3, 0.4) is 0 Å². The third-order valence-corrected chi connectivity index (χ3v) is 5.69. The van der Waals surface area contributed by atoms with Crippen LogP contribution in [0.1, 0.15) is 47.3 Å². The van der Waals surface area contributed by atoms with Gasteiger partial charge in [0.15, 0.2) is 0 Å². The van der Waals surface area contributed by atoms with Crippen LogP contribution in [0.25, 0.3) is 0 Å². The number of nitrogens with zero attached hydrogens (tertiary/aromatic N) is 1. The van der Waals surface area contributed by atoms with Gasteiger partial charge in [0.25, 0.3) is 0 Å². The van der Waals surface area contributed by atoms with Crippen LogP contribution in [0, 0.1) is 0 Å². The summed E-state index contributed by atoms with van der Waals surface area (Å²) in [5, 5.41) is 1.21. The fraction of sp³-hybridized carbons (Fsp3) is 0.400. The lowest BCUT2D eigenvalue weighted by molar-refractivity contribution is 0.810. The quantitative estimate of drug-likeness (QED) is 0.833. The highest BCUT2D eigenvalue weighted by Crippen LogP contribution is 2.44. The second-order valence-electron chi connectivity index (χ2n) is 5.02. The lowest BCUT2D eigenvalue weighted by atomic mass is 10.2. The molecule has 0 amide bonds. The van der Waals surface area contributed by atoms with Crippen LogP contribution >= 0.6 is 23.1 Å². The molecular formula is C15H18N2S2. The lowest BCUT2D eigenvalue weighted by Gasteiger charge is -2.02. The molecular weight excluding hydrogens is 272 g/mol. The topological polar surface area (TPSA) is 38.9 Å². The van der Waals surface area contributed by atoms with Gasteiger partial charge in [0.1, 0.15) is 5.01 Å². The van der Waals surface area contributed by atoms with Crippen LogP contribution in [-0.4, -0.2) is 4.98 Å².